The zero-order valence-corrected chi connectivity index (χ0v) is 11.4. The third kappa shape index (κ3) is 3.05. The van der Waals surface area contributed by atoms with Gasteiger partial charge in [0.25, 0.3) is 0 Å². The van der Waals surface area contributed by atoms with Crippen molar-refractivity contribution in [3.63, 3.8) is 0 Å². The molecule has 1 aromatic rings. The van der Waals surface area contributed by atoms with Crippen LogP contribution in [0.3, 0.4) is 0 Å². The van der Waals surface area contributed by atoms with E-state index in [9.17, 15) is 0 Å². The molecule has 0 radical (unpaired) electrons. The van der Waals surface area contributed by atoms with Crippen LogP contribution in [-0.4, -0.2) is 30.6 Å². The summed E-state index contributed by atoms with van der Waals surface area (Å²) in [5.41, 5.74) is 4.00. The number of benzene rings is 1. The lowest BCUT2D eigenvalue weighted by Gasteiger charge is -2.32. The maximum absolute atomic E-state index is 5.35. The molecule has 2 nitrogen and oxygen atoms in total. The van der Waals surface area contributed by atoms with Crippen LogP contribution < -0.4 is 5.32 Å². The van der Waals surface area contributed by atoms with Gasteiger partial charge in [-0.15, -0.1) is 6.42 Å². The minimum Gasteiger partial charge on any atom is -0.382 e. The molecule has 0 spiro atoms. The Balaban J connectivity index is 1.92. The Hall–Kier alpha value is -1.46. The van der Waals surface area contributed by atoms with Gasteiger partial charge in [0.05, 0.1) is 6.54 Å². The fraction of sp³-hybridized carbons (Fsp3) is 0.500. The van der Waals surface area contributed by atoms with Crippen molar-refractivity contribution in [3.8, 4) is 12.3 Å². The predicted molar refractivity (Wildman–Crippen MR) is 77.8 cm³/mol. The molecular weight excluding hydrogens is 220 g/mol. The van der Waals surface area contributed by atoms with Gasteiger partial charge in [0.1, 0.15) is 0 Å². The van der Waals surface area contributed by atoms with Crippen LogP contribution in [0.5, 0.6) is 0 Å². The van der Waals surface area contributed by atoms with Gasteiger partial charge in [-0.05, 0) is 43.9 Å². The minimum absolute atomic E-state index is 0.583. The van der Waals surface area contributed by atoms with Gasteiger partial charge >= 0.3 is 0 Å². The van der Waals surface area contributed by atoms with Gasteiger partial charge in [0.2, 0.25) is 0 Å². The van der Waals surface area contributed by atoms with Crippen LogP contribution in [0.25, 0.3) is 0 Å². The second kappa shape index (κ2) is 5.93. The molecule has 1 saturated heterocycles. The van der Waals surface area contributed by atoms with E-state index in [2.05, 4.69) is 48.2 Å². The van der Waals surface area contributed by atoms with Crippen molar-refractivity contribution >= 4 is 5.69 Å². The quantitative estimate of drug-likeness (QED) is 0.820. The van der Waals surface area contributed by atoms with Crippen molar-refractivity contribution in [2.45, 2.75) is 32.7 Å². The van der Waals surface area contributed by atoms with Crippen molar-refractivity contribution in [2.75, 3.05) is 25.0 Å². The summed E-state index contributed by atoms with van der Waals surface area (Å²) in [5, 5.41) is 3.67. The van der Waals surface area contributed by atoms with Crippen LogP contribution in [0.2, 0.25) is 0 Å². The highest BCUT2D eigenvalue weighted by molar-refractivity contribution is 5.54. The van der Waals surface area contributed by atoms with Crippen LogP contribution >= 0.6 is 0 Å². The van der Waals surface area contributed by atoms with Gasteiger partial charge in [0, 0.05) is 24.8 Å². The van der Waals surface area contributed by atoms with Crippen LogP contribution in [-0.2, 0) is 0 Å². The first-order valence-corrected chi connectivity index (χ1v) is 6.69. The number of hydrogen-bond acceptors (Lipinski definition) is 2. The molecule has 1 aliphatic heterocycles. The van der Waals surface area contributed by atoms with E-state index in [4.69, 9.17) is 6.42 Å². The predicted octanol–water partition coefficient (Wildman–Crippen LogP) is 2.81. The van der Waals surface area contributed by atoms with Gasteiger partial charge in [-0.2, -0.15) is 0 Å². The highest BCUT2D eigenvalue weighted by atomic mass is 15.1. The summed E-state index contributed by atoms with van der Waals surface area (Å²) in [4.78, 5) is 2.35. The number of nitrogens with zero attached hydrogens (tertiary/aromatic N) is 1. The third-order valence-electron chi connectivity index (χ3n) is 3.87. The highest BCUT2D eigenvalue weighted by Crippen LogP contribution is 2.21. The zero-order valence-electron chi connectivity index (χ0n) is 11.4. The van der Waals surface area contributed by atoms with Crippen molar-refractivity contribution < 1.29 is 0 Å². The molecule has 1 fully saturated rings. The van der Waals surface area contributed by atoms with Crippen molar-refractivity contribution in [2.24, 2.45) is 0 Å². The number of nitrogens with one attached hydrogen (secondary N) is 1. The molecule has 2 rings (SSSR count). The Bertz CT molecular complexity index is 437. The van der Waals surface area contributed by atoms with Gasteiger partial charge in [0.15, 0.2) is 0 Å². The lowest BCUT2D eigenvalue weighted by atomic mass is 10.0. The molecule has 1 aliphatic rings. The first-order valence-electron chi connectivity index (χ1n) is 6.69. The first-order chi connectivity index (χ1) is 8.70. The second-order valence-electron chi connectivity index (χ2n) is 5.15. The summed E-state index contributed by atoms with van der Waals surface area (Å²) >= 11 is 0. The fourth-order valence-corrected chi connectivity index (χ4v) is 2.49. The smallest absolute Gasteiger partial charge is 0.0598 e. The first kappa shape index (κ1) is 13.0. The van der Waals surface area contributed by atoms with Gasteiger partial charge < -0.3 is 5.32 Å². The summed E-state index contributed by atoms with van der Waals surface area (Å²) in [7, 11) is 0. The molecule has 96 valence electrons. The van der Waals surface area contributed by atoms with Crippen LogP contribution in [0.1, 0.15) is 24.0 Å². The molecule has 0 unspecified atom stereocenters. The fourth-order valence-electron chi connectivity index (χ4n) is 2.49. The van der Waals surface area contributed by atoms with E-state index < -0.39 is 0 Å². The van der Waals surface area contributed by atoms with E-state index in [0.717, 1.165) is 19.6 Å². The van der Waals surface area contributed by atoms with E-state index in [1.54, 1.807) is 0 Å². The summed E-state index contributed by atoms with van der Waals surface area (Å²) in [6.45, 7) is 7.34. The molecule has 0 amide bonds. The normalized spacial score (nSPS) is 17.4. The number of rotatable bonds is 3. The molecule has 18 heavy (non-hydrogen) atoms. The van der Waals surface area contributed by atoms with Crippen molar-refractivity contribution in [1.82, 2.24) is 4.90 Å². The monoisotopic (exact) mass is 242 g/mol. The molecule has 0 aromatic heterocycles. The summed E-state index contributed by atoms with van der Waals surface area (Å²) in [6.07, 6.45) is 7.70. The number of piperidine rings is 1. The van der Waals surface area contributed by atoms with Crippen LogP contribution in [0, 0.1) is 26.2 Å². The minimum atomic E-state index is 0.583. The molecule has 0 atom stereocenters. The Kier molecular flexibility index (Phi) is 4.28. The van der Waals surface area contributed by atoms with Gasteiger partial charge in [-0.3, -0.25) is 4.90 Å². The number of likely N-dealkylation sites (tertiary alicyclic amines) is 1. The topological polar surface area (TPSA) is 15.3 Å². The maximum atomic E-state index is 5.35. The zero-order chi connectivity index (χ0) is 13.0. The molecule has 0 aliphatic carbocycles. The molecular formula is C16H22N2. The third-order valence-corrected chi connectivity index (χ3v) is 3.87. The molecule has 0 saturated carbocycles. The lowest BCUT2D eigenvalue weighted by molar-refractivity contribution is 0.243. The average molecular weight is 242 g/mol. The van der Waals surface area contributed by atoms with Gasteiger partial charge in [-0.25, -0.2) is 0 Å². The SMILES string of the molecule is C#CCN1CCC(Nc2cccc(C)c2C)CC1. The standard InChI is InChI=1S/C16H22N2/c1-4-10-18-11-8-15(9-12-18)17-16-7-5-6-13(2)14(16)3/h1,5-7,15,17H,8-12H2,2-3H3. The summed E-state index contributed by atoms with van der Waals surface area (Å²) in [6, 6.07) is 7.05. The number of aryl methyl sites for hydroxylation is 1. The summed E-state index contributed by atoms with van der Waals surface area (Å²) < 4.78 is 0. The largest absolute Gasteiger partial charge is 0.382 e. The van der Waals surface area contributed by atoms with E-state index in [-0.39, 0.29) is 0 Å². The van der Waals surface area contributed by atoms with E-state index in [1.807, 2.05) is 0 Å². The Morgan fingerprint density at radius 1 is 1.33 bits per heavy atom. The number of anilines is 1. The molecule has 0 bridgehead atoms. The second-order valence-corrected chi connectivity index (χ2v) is 5.15. The molecule has 1 aromatic carbocycles. The van der Waals surface area contributed by atoms with E-state index >= 15 is 0 Å². The average Bonchev–Trinajstić information content (AvgIpc) is 2.38. The van der Waals surface area contributed by atoms with E-state index in [0.29, 0.717) is 6.04 Å². The van der Waals surface area contributed by atoms with Crippen LogP contribution in [0.4, 0.5) is 5.69 Å². The number of hydrogen-bond donors (Lipinski definition) is 1. The highest BCUT2D eigenvalue weighted by Gasteiger charge is 2.18. The number of terminal acetylenes is 1. The maximum Gasteiger partial charge on any atom is 0.0598 e. The Morgan fingerprint density at radius 2 is 2.06 bits per heavy atom. The van der Waals surface area contributed by atoms with Crippen molar-refractivity contribution in [1.29, 1.82) is 0 Å². The Morgan fingerprint density at radius 3 is 2.72 bits per heavy atom. The van der Waals surface area contributed by atoms with Crippen molar-refractivity contribution in [3.05, 3.63) is 29.3 Å². The lowest BCUT2D eigenvalue weighted by Crippen LogP contribution is -2.39. The van der Waals surface area contributed by atoms with Crippen LogP contribution in [0.15, 0.2) is 18.2 Å². The molecule has 1 heterocycles. The molecule has 1 N–H and O–H groups in total. The Labute approximate surface area is 110 Å². The van der Waals surface area contributed by atoms with Gasteiger partial charge in [-0.1, -0.05) is 18.1 Å². The molecule has 2 heteroatoms. The summed E-state index contributed by atoms with van der Waals surface area (Å²) in [5.74, 6) is 2.72. The van der Waals surface area contributed by atoms with E-state index in [1.165, 1.54) is 29.7 Å².